The maximum absolute atomic E-state index is 13.0. The van der Waals surface area contributed by atoms with Crippen molar-refractivity contribution in [1.82, 2.24) is 19.8 Å². The maximum atomic E-state index is 13.0. The van der Waals surface area contributed by atoms with E-state index in [1.165, 1.54) is 6.07 Å². The van der Waals surface area contributed by atoms with E-state index >= 15 is 0 Å². The lowest BCUT2D eigenvalue weighted by molar-refractivity contribution is -0.137. The number of aryl methyl sites for hydroxylation is 1. The molecule has 0 radical (unpaired) electrons. The lowest BCUT2D eigenvalue weighted by Gasteiger charge is -2.34. The number of piperazine rings is 1. The highest BCUT2D eigenvalue weighted by Crippen LogP contribution is 2.34. The first-order valence-electron chi connectivity index (χ1n) is 17.5. The van der Waals surface area contributed by atoms with Gasteiger partial charge < -0.3 is 19.1 Å². The van der Waals surface area contributed by atoms with Gasteiger partial charge in [-0.25, -0.2) is 9.97 Å². The molecule has 0 unspecified atom stereocenters. The lowest BCUT2D eigenvalue weighted by Crippen LogP contribution is -2.47. The monoisotopic (exact) mass is 767 g/mol. The predicted octanol–water partition coefficient (Wildman–Crippen LogP) is 8.68. The fraction of sp³-hybridized carbons (Fsp3) is 0.238. The van der Waals surface area contributed by atoms with Gasteiger partial charge in [0.05, 0.1) is 35.0 Å². The minimum atomic E-state index is -4.43. The number of hydrogen-bond acceptors (Lipinski definition) is 8. The van der Waals surface area contributed by atoms with E-state index < -0.39 is 11.7 Å². The van der Waals surface area contributed by atoms with Crippen LogP contribution < -0.4 is 14.2 Å². The second kappa shape index (κ2) is 18.0. The number of hydrogen-bond donors (Lipinski definition) is 0. The van der Waals surface area contributed by atoms with Crippen LogP contribution in [0.5, 0.6) is 23.3 Å². The van der Waals surface area contributed by atoms with E-state index in [0.717, 1.165) is 59.7 Å². The van der Waals surface area contributed by atoms with Crippen LogP contribution in [0.2, 0.25) is 5.02 Å². The number of amides is 1. The van der Waals surface area contributed by atoms with Crippen molar-refractivity contribution < 1.29 is 32.2 Å². The molecule has 5 aromatic rings. The highest BCUT2D eigenvalue weighted by atomic mass is 35.5. The number of aromatic nitrogens is 2. The molecule has 282 valence electrons. The third-order valence-electron chi connectivity index (χ3n) is 8.89. The van der Waals surface area contributed by atoms with Gasteiger partial charge >= 0.3 is 6.18 Å². The van der Waals surface area contributed by atoms with E-state index in [4.69, 9.17) is 31.1 Å². The van der Waals surface area contributed by atoms with E-state index in [-0.39, 0.29) is 11.8 Å². The molecule has 0 N–H and O–H groups in total. The number of carbonyl (C=O) groups excluding carboxylic acids is 1. The molecule has 1 aliphatic rings. The number of halogens is 4. The summed E-state index contributed by atoms with van der Waals surface area (Å²) in [5.74, 6) is 1.47. The number of rotatable bonds is 13. The Kier molecular flexibility index (Phi) is 12.7. The Morgan fingerprint density at radius 1 is 0.873 bits per heavy atom. The van der Waals surface area contributed by atoms with E-state index in [0.29, 0.717) is 60.7 Å². The molecule has 9 nitrogen and oxygen atoms in total. The fourth-order valence-corrected chi connectivity index (χ4v) is 6.13. The van der Waals surface area contributed by atoms with Gasteiger partial charge in [-0.05, 0) is 77.2 Å². The van der Waals surface area contributed by atoms with Gasteiger partial charge in [-0.1, -0.05) is 48.0 Å². The zero-order chi connectivity index (χ0) is 38.8. The van der Waals surface area contributed by atoms with Crippen LogP contribution in [-0.2, 0) is 30.5 Å². The Morgan fingerprint density at radius 3 is 2.20 bits per heavy atom. The van der Waals surface area contributed by atoms with E-state index in [2.05, 4.69) is 33.1 Å². The zero-order valence-corrected chi connectivity index (χ0v) is 30.7. The highest BCUT2D eigenvalue weighted by molar-refractivity contribution is 6.32. The molecule has 2 aromatic heterocycles. The largest absolute Gasteiger partial charge is 0.487 e. The van der Waals surface area contributed by atoms with Crippen molar-refractivity contribution in [3.63, 3.8) is 0 Å². The molecule has 55 heavy (non-hydrogen) atoms. The van der Waals surface area contributed by atoms with Gasteiger partial charge in [0.25, 0.3) is 0 Å². The predicted molar refractivity (Wildman–Crippen MR) is 202 cm³/mol. The summed E-state index contributed by atoms with van der Waals surface area (Å²) in [5.41, 5.74) is 4.46. The molecule has 6 rings (SSSR count). The Hall–Kier alpha value is -5.90. The fourth-order valence-electron chi connectivity index (χ4n) is 5.82. The summed E-state index contributed by atoms with van der Waals surface area (Å²) in [6.45, 7) is 5.95. The standard InChI is InChI=1S/C42H37ClF3N5O4/c1-29-22-34(23-37(43)41(29)55-39-14-12-36(26-49-39)54-28-33-8-4-31(24-47)5-9-33)10-15-40(52)51-19-17-50(18-20-51)27-32-6-2-30(3-7-32)16-21-53-38-13-11-35(25-48-38)42(44,45)46/h2-15,22-23,25-26H,16-21,27-28H2,1H3/b15-10+. The second-order valence-corrected chi connectivity index (χ2v) is 13.3. The minimum absolute atomic E-state index is 0.0717. The molecule has 0 aliphatic carbocycles. The Morgan fingerprint density at radius 2 is 1.56 bits per heavy atom. The summed E-state index contributed by atoms with van der Waals surface area (Å²) in [4.78, 5) is 25.2. The molecule has 1 aliphatic heterocycles. The van der Waals surface area contributed by atoms with Gasteiger partial charge in [0.1, 0.15) is 12.4 Å². The van der Waals surface area contributed by atoms with Gasteiger partial charge in [-0.15, -0.1) is 0 Å². The SMILES string of the molecule is Cc1cc(/C=C/C(=O)N2CCN(Cc3ccc(CCOc4ccc(C(F)(F)F)cn4)cc3)CC2)cc(Cl)c1Oc1ccc(OCc2ccc(C#N)cc2)cn1. The van der Waals surface area contributed by atoms with Gasteiger partial charge in [-0.2, -0.15) is 18.4 Å². The van der Waals surface area contributed by atoms with Crippen molar-refractivity contribution >= 4 is 23.6 Å². The van der Waals surface area contributed by atoms with Gasteiger partial charge in [0.2, 0.25) is 17.7 Å². The molecule has 1 fully saturated rings. The molecule has 0 saturated carbocycles. The average Bonchev–Trinajstić information content (AvgIpc) is 3.19. The quantitative estimate of drug-likeness (QED) is 0.110. The maximum Gasteiger partial charge on any atom is 0.417 e. The highest BCUT2D eigenvalue weighted by Gasteiger charge is 2.30. The summed E-state index contributed by atoms with van der Waals surface area (Å²) >= 11 is 6.60. The number of benzene rings is 3. The second-order valence-electron chi connectivity index (χ2n) is 12.9. The van der Waals surface area contributed by atoms with Crippen LogP contribution in [0.15, 0.2) is 103 Å². The first kappa shape index (κ1) is 38.8. The molecule has 0 spiro atoms. The molecule has 1 amide bonds. The van der Waals surface area contributed by atoms with Crippen molar-refractivity contribution in [1.29, 1.82) is 5.26 Å². The molecular formula is C42H37ClF3N5O4. The summed E-state index contributed by atoms with van der Waals surface area (Å²) in [5, 5.41) is 9.34. The topological polar surface area (TPSA) is 101 Å². The van der Waals surface area contributed by atoms with Crippen LogP contribution >= 0.6 is 11.6 Å². The van der Waals surface area contributed by atoms with Crippen LogP contribution in [0.3, 0.4) is 0 Å². The molecular weight excluding hydrogens is 731 g/mol. The van der Waals surface area contributed by atoms with E-state index in [9.17, 15) is 18.0 Å². The first-order chi connectivity index (χ1) is 26.5. The third kappa shape index (κ3) is 11.1. The van der Waals surface area contributed by atoms with E-state index in [1.807, 2.05) is 42.2 Å². The van der Waals surface area contributed by atoms with Gasteiger partial charge in [-0.3, -0.25) is 9.69 Å². The Labute approximate surface area is 322 Å². The number of nitriles is 1. The Bertz CT molecular complexity index is 2110. The number of carbonyl (C=O) groups is 1. The summed E-state index contributed by atoms with van der Waals surface area (Å²) < 4.78 is 55.5. The molecule has 13 heteroatoms. The first-order valence-corrected chi connectivity index (χ1v) is 17.9. The van der Waals surface area contributed by atoms with Crippen LogP contribution in [-0.4, -0.2) is 58.5 Å². The number of ether oxygens (including phenoxy) is 3. The number of pyridine rings is 2. The smallest absolute Gasteiger partial charge is 0.417 e. The normalized spacial score (nSPS) is 13.4. The van der Waals surface area contributed by atoms with Crippen LogP contribution in [0.4, 0.5) is 13.2 Å². The number of alkyl halides is 3. The summed E-state index contributed by atoms with van der Waals surface area (Å²) in [7, 11) is 0. The third-order valence-corrected chi connectivity index (χ3v) is 9.17. The minimum Gasteiger partial charge on any atom is -0.487 e. The average molecular weight is 768 g/mol. The molecule has 1 saturated heterocycles. The van der Waals surface area contributed by atoms with Gasteiger partial charge in [0.15, 0.2) is 5.75 Å². The lowest BCUT2D eigenvalue weighted by atomic mass is 10.1. The van der Waals surface area contributed by atoms with Crippen LogP contribution in [0.25, 0.3) is 6.08 Å². The van der Waals surface area contributed by atoms with Crippen LogP contribution in [0.1, 0.15) is 38.9 Å². The van der Waals surface area contributed by atoms with Crippen molar-refractivity contribution in [2.24, 2.45) is 0 Å². The molecule has 3 aromatic carbocycles. The zero-order valence-electron chi connectivity index (χ0n) is 29.9. The van der Waals surface area contributed by atoms with Crippen LogP contribution in [0, 0.1) is 18.3 Å². The van der Waals surface area contributed by atoms with Crippen molar-refractivity contribution in [2.45, 2.75) is 32.7 Å². The number of nitrogens with zero attached hydrogens (tertiary/aromatic N) is 5. The molecule has 0 atom stereocenters. The summed E-state index contributed by atoms with van der Waals surface area (Å²) in [6, 6.07) is 26.7. The molecule has 0 bridgehead atoms. The Balaban J connectivity index is 0.919. The van der Waals surface area contributed by atoms with Crippen molar-refractivity contribution in [2.75, 3.05) is 32.8 Å². The van der Waals surface area contributed by atoms with Gasteiger partial charge in [0, 0.05) is 63.6 Å². The van der Waals surface area contributed by atoms with E-state index in [1.54, 1.807) is 48.7 Å². The van der Waals surface area contributed by atoms with Crippen molar-refractivity contribution in [3.8, 4) is 29.3 Å². The summed E-state index contributed by atoms with van der Waals surface area (Å²) in [6.07, 6.45) is 1.82. The molecule has 3 heterocycles. The van der Waals surface area contributed by atoms with Crippen molar-refractivity contribution in [3.05, 3.63) is 147 Å².